The average molecular weight is 220 g/mol. The zero-order valence-electron chi connectivity index (χ0n) is 11.2. The summed E-state index contributed by atoms with van der Waals surface area (Å²) in [4.78, 5) is 4.46. The van der Waals surface area contributed by atoms with Crippen LogP contribution >= 0.6 is 0 Å². The van der Waals surface area contributed by atoms with Crippen LogP contribution in [0.25, 0.3) is 0 Å². The second-order valence-corrected chi connectivity index (χ2v) is 5.52. The van der Waals surface area contributed by atoms with E-state index in [2.05, 4.69) is 57.1 Å². The molecule has 0 amide bonds. The maximum Gasteiger partial charge on any atom is 0.126 e. The Kier molecular flexibility index (Phi) is 4.34. The van der Waals surface area contributed by atoms with Gasteiger partial charge in [0.05, 0.1) is 0 Å². The number of aromatic nitrogens is 1. The minimum Gasteiger partial charge on any atom is -0.368 e. The third-order valence-electron chi connectivity index (χ3n) is 2.75. The Morgan fingerprint density at radius 1 is 1.31 bits per heavy atom. The highest BCUT2D eigenvalue weighted by atomic mass is 15.0. The van der Waals surface area contributed by atoms with E-state index in [0.29, 0.717) is 6.04 Å². The van der Waals surface area contributed by atoms with E-state index < -0.39 is 0 Å². The zero-order valence-corrected chi connectivity index (χ0v) is 11.2. The van der Waals surface area contributed by atoms with Crippen molar-refractivity contribution in [2.75, 3.05) is 5.32 Å². The Morgan fingerprint density at radius 3 is 2.44 bits per heavy atom. The van der Waals surface area contributed by atoms with Crippen molar-refractivity contribution in [1.29, 1.82) is 0 Å². The zero-order chi connectivity index (χ0) is 12.2. The largest absolute Gasteiger partial charge is 0.368 e. The predicted molar refractivity (Wildman–Crippen MR) is 70.9 cm³/mol. The Hall–Kier alpha value is -1.05. The molecular formula is C14H24N2. The highest BCUT2D eigenvalue weighted by Gasteiger charge is 2.13. The minimum atomic E-state index is 0.181. The quantitative estimate of drug-likeness (QED) is 0.830. The van der Waals surface area contributed by atoms with Crippen LogP contribution in [-0.4, -0.2) is 11.0 Å². The number of nitrogens with one attached hydrogen (secondary N) is 1. The Bertz CT molecular complexity index is 309. The number of pyridine rings is 1. The number of anilines is 1. The fourth-order valence-corrected chi connectivity index (χ4v) is 1.68. The van der Waals surface area contributed by atoms with Crippen LogP contribution in [0.3, 0.4) is 0 Å². The molecule has 0 radical (unpaired) electrons. The molecule has 90 valence electrons. The van der Waals surface area contributed by atoms with E-state index in [1.54, 1.807) is 0 Å². The van der Waals surface area contributed by atoms with Crippen LogP contribution < -0.4 is 5.32 Å². The first-order valence-corrected chi connectivity index (χ1v) is 6.16. The van der Waals surface area contributed by atoms with Crippen LogP contribution in [0.2, 0.25) is 0 Å². The molecule has 2 heteroatoms. The summed E-state index contributed by atoms with van der Waals surface area (Å²) in [7, 11) is 0. The van der Waals surface area contributed by atoms with Crippen molar-refractivity contribution < 1.29 is 0 Å². The van der Waals surface area contributed by atoms with Gasteiger partial charge in [-0.1, -0.05) is 40.2 Å². The lowest BCUT2D eigenvalue weighted by atomic mass is 9.88. The van der Waals surface area contributed by atoms with Gasteiger partial charge in [-0.25, -0.2) is 4.98 Å². The van der Waals surface area contributed by atoms with Crippen LogP contribution in [-0.2, 0) is 5.41 Å². The molecule has 1 aromatic heterocycles. The molecule has 0 saturated heterocycles. The van der Waals surface area contributed by atoms with Crippen molar-refractivity contribution in [2.45, 2.75) is 58.9 Å². The first-order valence-electron chi connectivity index (χ1n) is 6.16. The third-order valence-corrected chi connectivity index (χ3v) is 2.75. The van der Waals surface area contributed by atoms with E-state index in [1.165, 1.54) is 18.4 Å². The monoisotopic (exact) mass is 220 g/mol. The lowest BCUT2D eigenvalue weighted by molar-refractivity contribution is 0.587. The van der Waals surface area contributed by atoms with Gasteiger partial charge in [-0.05, 0) is 30.4 Å². The van der Waals surface area contributed by atoms with E-state index in [-0.39, 0.29) is 5.41 Å². The summed E-state index contributed by atoms with van der Waals surface area (Å²) in [6.45, 7) is 11.0. The molecule has 0 bridgehead atoms. The molecule has 0 aliphatic heterocycles. The number of hydrogen-bond donors (Lipinski definition) is 1. The Balaban J connectivity index is 2.65. The number of rotatable bonds is 4. The van der Waals surface area contributed by atoms with E-state index >= 15 is 0 Å². The molecule has 0 fully saturated rings. The molecule has 0 saturated carbocycles. The van der Waals surface area contributed by atoms with Gasteiger partial charge in [0.1, 0.15) is 5.82 Å². The van der Waals surface area contributed by atoms with Crippen molar-refractivity contribution >= 4 is 5.82 Å². The minimum absolute atomic E-state index is 0.181. The molecule has 0 aliphatic carbocycles. The van der Waals surface area contributed by atoms with E-state index in [1.807, 2.05) is 6.20 Å². The molecule has 1 heterocycles. The van der Waals surface area contributed by atoms with Crippen LogP contribution in [0.1, 0.15) is 53.0 Å². The summed E-state index contributed by atoms with van der Waals surface area (Å²) in [5.41, 5.74) is 1.46. The standard InChI is InChI=1S/C14H24N2/c1-6-7-11(2)16-13-9-8-12(10-15-13)14(3,4)5/h8-11H,6-7H2,1-5H3,(H,15,16). The number of nitrogens with zero attached hydrogens (tertiary/aromatic N) is 1. The third kappa shape index (κ3) is 3.84. The van der Waals surface area contributed by atoms with Crippen LogP contribution in [0.4, 0.5) is 5.82 Å². The molecule has 0 spiro atoms. The molecular weight excluding hydrogens is 196 g/mol. The summed E-state index contributed by atoms with van der Waals surface area (Å²) in [6.07, 6.45) is 4.36. The second kappa shape index (κ2) is 5.33. The maximum atomic E-state index is 4.46. The molecule has 0 aliphatic rings. The lowest BCUT2D eigenvalue weighted by Gasteiger charge is -2.19. The average Bonchev–Trinajstić information content (AvgIpc) is 2.17. The molecule has 2 nitrogen and oxygen atoms in total. The first kappa shape index (κ1) is 13.0. The molecule has 1 atom stereocenters. The molecule has 16 heavy (non-hydrogen) atoms. The topological polar surface area (TPSA) is 24.9 Å². The fourth-order valence-electron chi connectivity index (χ4n) is 1.68. The van der Waals surface area contributed by atoms with Crippen molar-refractivity contribution in [2.24, 2.45) is 0 Å². The number of hydrogen-bond acceptors (Lipinski definition) is 2. The van der Waals surface area contributed by atoms with Crippen LogP contribution in [0.5, 0.6) is 0 Å². The highest BCUT2D eigenvalue weighted by molar-refractivity contribution is 5.37. The van der Waals surface area contributed by atoms with Crippen molar-refractivity contribution in [3.8, 4) is 0 Å². The van der Waals surface area contributed by atoms with Gasteiger partial charge in [0.2, 0.25) is 0 Å². The summed E-state index contributed by atoms with van der Waals surface area (Å²) < 4.78 is 0. The smallest absolute Gasteiger partial charge is 0.126 e. The van der Waals surface area contributed by atoms with E-state index in [9.17, 15) is 0 Å². The summed E-state index contributed by atoms with van der Waals surface area (Å²) in [6, 6.07) is 4.73. The maximum absolute atomic E-state index is 4.46. The highest BCUT2D eigenvalue weighted by Crippen LogP contribution is 2.22. The SMILES string of the molecule is CCCC(C)Nc1ccc(C(C)(C)C)cn1. The Morgan fingerprint density at radius 2 is 2.00 bits per heavy atom. The van der Waals surface area contributed by atoms with Crippen molar-refractivity contribution in [3.63, 3.8) is 0 Å². The van der Waals surface area contributed by atoms with Gasteiger partial charge in [0, 0.05) is 12.2 Å². The fraction of sp³-hybridized carbons (Fsp3) is 0.643. The van der Waals surface area contributed by atoms with Crippen molar-refractivity contribution in [1.82, 2.24) is 4.98 Å². The van der Waals surface area contributed by atoms with Gasteiger partial charge >= 0.3 is 0 Å². The van der Waals surface area contributed by atoms with Crippen LogP contribution in [0.15, 0.2) is 18.3 Å². The first-order chi connectivity index (χ1) is 7.43. The molecule has 1 unspecified atom stereocenters. The normalized spacial score (nSPS) is 13.6. The Labute approximate surface area is 99.5 Å². The predicted octanol–water partition coefficient (Wildman–Crippen LogP) is 3.98. The molecule has 1 N–H and O–H groups in total. The van der Waals surface area contributed by atoms with Crippen LogP contribution in [0, 0.1) is 0 Å². The van der Waals surface area contributed by atoms with Crippen molar-refractivity contribution in [3.05, 3.63) is 23.9 Å². The summed E-state index contributed by atoms with van der Waals surface area (Å²) in [5.74, 6) is 0.981. The molecule has 1 aromatic rings. The van der Waals surface area contributed by atoms with E-state index in [0.717, 1.165) is 5.82 Å². The molecule has 1 rings (SSSR count). The van der Waals surface area contributed by atoms with E-state index in [4.69, 9.17) is 0 Å². The van der Waals surface area contributed by atoms with Gasteiger partial charge in [-0.3, -0.25) is 0 Å². The lowest BCUT2D eigenvalue weighted by Crippen LogP contribution is -2.16. The molecule has 0 aromatic carbocycles. The van der Waals surface area contributed by atoms with Gasteiger partial charge in [0.25, 0.3) is 0 Å². The van der Waals surface area contributed by atoms with Gasteiger partial charge < -0.3 is 5.32 Å². The van der Waals surface area contributed by atoms with Gasteiger partial charge in [0.15, 0.2) is 0 Å². The van der Waals surface area contributed by atoms with Gasteiger partial charge in [-0.15, -0.1) is 0 Å². The second-order valence-electron chi connectivity index (χ2n) is 5.52. The summed E-state index contributed by atoms with van der Waals surface area (Å²) in [5, 5.41) is 3.41. The van der Waals surface area contributed by atoms with Gasteiger partial charge in [-0.2, -0.15) is 0 Å². The summed E-state index contributed by atoms with van der Waals surface area (Å²) >= 11 is 0.